The molecule has 1 fully saturated rings. The first-order valence-corrected chi connectivity index (χ1v) is 10.0. The van der Waals surface area contributed by atoms with Gasteiger partial charge in [0.1, 0.15) is 0 Å². The number of methoxy groups -OCH3 is 1. The highest BCUT2D eigenvalue weighted by molar-refractivity contribution is 5.80. The summed E-state index contributed by atoms with van der Waals surface area (Å²) in [6, 6.07) is 6.69. The Bertz CT molecular complexity index is 634. The Kier molecular flexibility index (Phi) is 9.23. The first kappa shape index (κ1) is 22.2. The van der Waals surface area contributed by atoms with Gasteiger partial charge in [-0.05, 0) is 25.8 Å². The number of piperazine rings is 1. The number of benzene rings is 1. The largest absolute Gasteiger partial charge is 0.383 e. The van der Waals surface area contributed by atoms with Gasteiger partial charge in [0.25, 0.3) is 0 Å². The van der Waals surface area contributed by atoms with Crippen molar-refractivity contribution >= 4 is 11.9 Å². The number of hydrogen-bond donors (Lipinski definition) is 2. The second-order valence-corrected chi connectivity index (χ2v) is 7.33. The first-order chi connectivity index (χ1) is 13.5. The molecule has 0 aromatic heterocycles. The number of aryl methyl sites for hydroxylation is 2. The minimum Gasteiger partial charge on any atom is -0.383 e. The Balaban J connectivity index is 1.72. The fourth-order valence-corrected chi connectivity index (χ4v) is 3.53. The van der Waals surface area contributed by atoms with Crippen LogP contribution in [0.2, 0.25) is 0 Å². The van der Waals surface area contributed by atoms with Crippen LogP contribution in [0.5, 0.6) is 0 Å². The van der Waals surface area contributed by atoms with E-state index < -0.39 is 0 Å². The standard InChI is InChI=1S/C21H35N5O2/c1-17-13-18(2)15-19(14-17)5-6-24-21(22-3)26-10-8-25(9-11-26)16-20(27)23-7-12-28-4/h13-15H,5-12,16H2,1-4H3,(H,22,24)(H,23,27). The number of guanidine groups is 1. The van der Waals surface area contributed by atoms with Crippen molar-refractivity contribution in [1.82, 2.24) is 20.4 Å². The second-order valence-electron chi connectivity index (χ2n) is 7.33. The predicted octanol–water partition coefficient (Wildman–Crippen LogP) is 0.802. The van der Waals surface area contributed by atoms with Crippen molar-refractivity contribution in [2.45, 2.75) is 20.3 Å². The molecule has 0 saturated carbocycles. The highest BCUT2D eigenvalue weighted by atomic mass is 16.5. The molecule has 0 atom stereocenters. The summed E-state index contributed by atoms with van der Waals surface area (Å²) in [7, 11) is 3.46. The molecule has 1 aliphatic heterocycles. The van der Waals surface area contributed by atoms with E-state index in [9.17, 15) is 4.79 Å². The lowest BCUT2D eigenvalue weighted by Crippen LogP contribution is -2.54. The number of rotatable bonds is 8. The van der Waals surface area contributed by atoms with Crippen molar-refractivity contribution in [3.8, 4) is 0 Å². The maximum atomic E-state index is 11.9. The summed E-state index contributed by atoms with van der Waals surface area (Å²) in [5.41, 5.74) is 3.97. The molecule has 7 heteroatoms. The summed E-state index contributed by atoms with van der Waals surface area (Å²) in [4.78, 5) is 20.8. The number of nitrogens with zero attached hydrogens (tertiary/aromatic N) is 3. The van der Waals surface area contributed by atoms with E-state index in [-0.39, 0.29) is 5.91 Å². The van der Waals surface area contributed by atoms with Gasteiger partial charge >= 0.3 is 0 Å². The molecule has 7 nitrogen and oxygen atoms in total. The topological polar surface area (TPSA) is 69.2 Å². The Morgan fingerprint density at radius 2 is 1.75 bits per heavy atom. The van der Waals surface area contributed by atoms with Crippen LogP contribution in [0.3, 0.4) is 0 Å². The summed E-state index contributed by atoms with van der Waals surface area (Å²) < 4.78 is 4.95. The van der Waals surface area contributed by atoms with Gasteiger partial charge in [0.15, 0.2) is 5.96 Å². The van der Waals surface area contributed by atoms with Crippen LogP contribution in [-0.2, 0) is 16.0 Å². The van der Waals surface area contributed by atoms with Crippen LogP contribution in [0.25, 0.3) is 0 Å². The molecule has 2 N–H and O–H groups in total. The first-order valence-electron chi connectivity index (χ1n) is 10.0. The number of amides is 1. The molecule has 0 aliphatic carbocycles. The lowest BCUT2D eigenvalue weighted by molar-refractivity contribution is -0.122. The zero-order valence-electron chi connectivity index (χ0n) is 17.8. The Morgan fingerprint density at radius 3 is 2.36 bits per heavy atom. The Hall–Kier alpha value is -2.12. The highest BCUT2D eigenvalue weighted by Gasteiger charge is 2.20. The minimum atomic E-state index is 0.0569. The van der Waals surface area contributed by atoms with E-state index >= 15 is 0 Å². The summed E-state index contributed by atoms with van der Waals surface area (Å²) in [6.45, 7) is 10.1. The van der Waals surface area contributed by atoms with Crippen LogP contribution in [0.4, 0.5) is 0 Å². The van der Waals surface area contributed by atoms with Gasteiger partial charge < -0.3 is 20.3 Å². The van der Waals surface area contributed by atoms with Gasteiger partial charge in [0, 0.05) is 53.4 Å². The zero-order chi connectivity index (χ0) is 20.4. The molecule has 156 valence electrons. The van der Waals surface area contributed by atoms with Crippen molar-refractivity contribution < 1.29 is 9.53 Å². The maximum absolute atomic E-state index is 11.9. The molecule has 2 rings (SSSR count). The molecule has 1 aromatic carbocycles. The maximum Gasteiger partial charge on any atom is 0.234 e. The van der Waals surface area contributed by atoms with E-state index in [0.717, 1.165) is 45.1 Å². The molecular formula is C21H35N5O2. The number of ether oxygens (including phenoxy) is 1. The van der Waals surface area contributed by atoms with E-state index in [1.807, 2.05) is 7.05 Å². The Labute approximate surface area is 169 Å². The van der Waals surface area contributed by atoms with Crippen molar-refractivity contribution in [2.24, 2.45) is 4.99 Å². The molecule has 28 heavy (non-hydrogen) atoms. The summed E-state index contributed by atoms with van der Waals surface area (Å²) in [5, 5.41) is 6.35. The van der Waals surface area contributed by atoms with Crippen molar-refractivity contribution in [1.29, 1.82) is 0 Å². The fourth-order valence-electron chi connectivity index (χ4n) is 3.53. The van der Waals surface area contributed by atoms with Gasteiger partial charge in [0.05, 0.1) is 13.2 Å². The quantitative estimate of drug-likeness (QED) is 0.391. The average molecular weight is 390 g/mol. The third-order valence-electron chi connectivity index (χ3n) is 4.86. The van der Waals surface area contributed by atoms with Crippen LogP contribution in [0.15, 0.2) is 23.2 Å². The SMILES string of the molecule is CN=C(NCCc1cc(C)cc(C)c1)N1CCN(CC(=O)NCCOC)CC1. The number of carbonyl (C=O) groups excluding carboxylic acids is 1. The van der Waals surface area contributed by atoms with Gasteiger partial charge in [-0.15, -0.1) is 0 Å². The van der Waals surface area contributed by atoms with Gasteiger partial charge in [-0.3, -0.25) is 14.7 Å². The van der Waals surface area contributed by atoms with E-state index in [2.05, 4.69) is 57.5 Å². The van der Waals surface area contributed by atoms with E-state index in [1.165, 1.54) is 16.7 Å². The highest BCUT2D eigenvalue weighted by Crippen LogP contribution is 2.09. The molecule has 0 unspecified atom stereocenters. The van der Waals surface area contributed by atoms with Gasteiger partial charge in [-0.2, -0.15) is 0 Å². The van der Waals surface area contributed by atoms with Crippen LogP contribution >= 0.6 is 0 Å². The Morgan fingerprint density at radius 1 is 1.07 bits per heavy atom. The second kappa shape index (κ2) is 11.7. The molecule has 1 aromatic rings. The fraction of sp³-hybridized carbons (Fsp3) is 0.619. The minimum absolute atomic E-state index is 0.0569. The van der Waals surface area contributed by atoms with Gasteiger partial charge in [0.2, 0.25) is 5.91 Å². The van der Waals surface area contributed by atoms with E-state index in [4.69, 9.17) is 4.74 Å². The van der Waals surface area contributed by atoms with Crippen molar-refractivity contribution in [2.75, 3.05) is 66.6 Å². The van der Waals surface area contributed by atoms with Crippen LogP contribution in [0, 0.1) is 13.8 Å². The van der Waals surface area contributed by atoms with Crippen molar-refractivity contribution in [3.63, 3.8) is 0 Å². The number of nitrogens with one attached hydrogen (secondary N) is 2. The van der Waals surface area contributed by atoms with Crippen LogP contribution < -0.4 is 10.6 Å². The smallest absolute Gasteiger partial charge is 0.234 e. The van der Waals surface area contributed by atoms with Crippen molar-refractivity contribution in [3.05, 3.63) is 34.9 Å². The third-order valence-corrected chi connectivity index (χ3v) is 4.86. The molecule has 1 aliphatic rings. The zero-order valence-corrected chi connectivity index (χ0v) is 17.8. The predicted molar refractivity (Wildman–Crippen MR) is 114 cm³/mol. The monoisotopic (exact) mass is 389 g/mol. The molecule has 1 heterocycles. The molecule has 1 saturated heterocycles. The number of hydrogen-bond acceptors (Lipinski definition) is 4. The average Bonchev–Trinajstić information content (AvgIpc) is 2.65. The number of carbonyl (C=O) groups is 1. The molecule has 0 radical (unpaired) electrons. The molecule has 1 amide bonds. The van der Waals surface area contributed by atoms with E-state index in [1.54, 1.807) is 7.11 Å². The molecule has 0 bridgehead atoms. The summed E-state index contributed by atoms with van der Waals surface area (Å²) >= 11 is 0. The lowest BCUT2D eigenvalue weighted by Gasteiger charge is -2.36. The van der Waals surface area contributed by atoms with Crippen LogP contribution in [0.1, 0.15) is 16.7 Å². The summed E-state index contributed by atoms with van der Waals surface area (Å²) in [6.07, 6.45) is 0.975. The number of aliphatic imine (C=N–C) groups is 1. The van der Waals surface area contributed by atoms with E-state index in [0.29, 0.717) is 19.7 Å². The molecule has 0 spiro atoms. The van der Waals surface area contributed by atoms with Gasteiger partial charge in [-0.25, -0.2) is 0 Å². The summed E-state index contributed by atoms with van der Waals surface area (Å²) in [5.74, 6) is 0.995. The normalized spacial score (nSPS) is 15.6. The van der Waals surface area contributed by atoms with Gasteiger partial charge in [-0.1, -0.05) is 29.3 Å². The third kappa shape index (κ3) is 7.48. The lowest BCUT2D eigenvalue weighted by atomic mass is 10.1. The van der Waals surface area contributed by atoms with Crippen LogP contribution in [-0.4, -0.2) is 88.2 Å². The molecular weight excluding hydrogens is 354 g/mol.